The van der Waals surface area contributed by atoms with Gasteiger partial charge in [-0.15, -0.1) is 0 Å². The molecule has 1 unspecified atom stereocenters. The Morgan fingerprint density at radius 1 is 1.02 bits per heavy atom. The second kappa shape index (κ2) is 14.5. The van der Waals surface area contributed by atoms with E-state index in [0.717, 1.165) is 27.8 Å². The molecular formula is C34H33ClFN5O2S. The minimum Gasteiger partial charge on any atom is -0.341 e. The number of aryl methyl sites for hydroxylation is 1. The van der Waals surface area contributed by atoms with Crippen molar-refractivity contribution in [3.05, 3.63) is 135 Å². The van der Waals surface area contributed by atoms with Gasteiger partial charge in [0.2, 0.25) is 5.91 Å². The van der Waals surface area contributed by atoms with Crippen molar-refractivity contribution in [1.82, 2.24) is 24.6 Å². The number of carbonyl (C=O) groups is 1. The molecule has 0 bridgehead atoms. The van der Waals surface area contributed by atoms with Gasteiger partial charge in [-0.2, -0.15) is 10.1 Å². The number of H-pyrrole nitrogens is 1. The topological polar surface area (TPSA) is 83.9 Å². The minimum atomic E-state index is -0.297. The molecule has 0 spiro atoms. The Balaban J connectivity index is 1.23. The van der Waals surface area contributed by atoms with E-state index in [4.69, 9.17) is 11.6 Å². The fraction of sp³-hybridized carbons (Fsp3) is 0.235. The average molecular weight is 630 g/mol. The predicted molar refractivity (Wildman–Crippen MR) is 173 cm³/mol. The van der Waals surface area contributed by atoms with E-state index >= 15 is 0 Å². The quantitative estimate of drug-likeness (QED) is 0.116. The number of thioether (sulfide) groups is 1. The first-order valence-corrected chi connectivity index (χ1v) is 15.7. The van der Waals surface area contributed by atoms with Crippen molar-refractivity contribution in [2.45, 2.75) is 49.7 Å². The maximum Gasteiger partial charge on any atom is 0.277 e. The summed E-state index contributed by atoms with van der Waals surface area (Å²) in [6.07, 6.45) is 6.24. The van der Waals surface area contributed by atoms with Gasteiger partial charge in [0, 0.05) is 61.2 Å². The Kier molecular flexibility index (Phi) is 10.3. The van der Waals surface area contributed by atoms with Crippen molar-refractivity contribution in [1.29, 1.82) is 0 Å². The van der Waals surface area contributed by atoms with Crippen LogP contribution in [0.15, 0.2) is 101 Å². The lowest BCUT2D eigenvalue weighted by Crippen LogP contribution is -2.26. The number of benzene rings is 3. The number of nitrogens with zero attached hydrogens (tertiary/aromatic N) is 4. The molecule has 5 aromatic rings. The first kappa shape index (κ1) is 31.2. The third kappa shape index (κ3) is 8.03. The zero-order valence-electron chi connectivity index (χ0n) is 24.5. The lowest BCUT2D eigenvalue weighted by Gasteiger charge is -2.19. The molecule has 5 rings (SSSR count). The second-order valence-corrected chi connectivity index (χ2v) is 12.1. The first-order chi connectivity index (χ1) is 21.3. The summed E-state index contributed by atoms with van der Waals surface area (Å²) in [6, 6.07) is 22.2. The van der Waals surface area contributed by atoms with Crippen LogP contribution in [0.5, 0.6) is 0 Å². The Hall–Kier alpha value is -4.21. The highest BCUT2D eigenvalue weighted by Crippen LogP contribution is 2.26. The smallest absolute Gasteiger partial charge is 0.277 e. The van der Waals surface area contributed by atoms with Crippen LogP contribution in [-0.4, -0.2) is 37.6 Å². The summed E-state index contributed by atoms with van der Waals surface area (Å²) in [5.41, 5.74) is 5.28. The number of hydrogen-bond donors (Lipinski definition) is 1. The van der Waals surface area contributed by atoms with Crippen molar-refractivity contribution in [3.63, 3.8) is 0 Å². The highest BCUT2D eigenvalue weighted by Gasteiger charge is 2.18. The van der Waals surface area contributed by atoms with Gasteiger partial charge in [0.25, 0.3) is 5.56 Å². The zero-order chi connectivity index (χ0) is 31.1. The fourth-order valence-electron chi connectivity index (χ4n) is 4.87. The van der Waals surface area contributed by atoms with Gasteiger partial charge < -0.3 is 9.47 Å². The molecule has 0 saturated carbocycles. The number of aromatic amines is 1. The largest absolute Gasteiger partial charge is 0.341 e. The molecule has 44 heavy (non-hydrogen) atoms. The lowest BCUT2D eigenvalue weighted by molar-refractivity contribution is -0.130. The minimum absolute atomic E-state index is 0.0354. The average Bonchev–Trinajstić information content (AvgIpc) is 3.57. The maximum absolute atomic E-state index is 13.4. The summed E-state index contributed by atoms with van der Waals surface area (Å²) in [5, 5.41) is 8.07. The van der Waals surface area contributed by atoms with Crippen molar-refractivity contribution < 1.29 is 9.18 Å². The molecule has 0 aliphatic heterocycles. The normalized spacial score (nSPS) is 11.8. The highest BCUT2D eigenvalue weighted by molar-refractivity contribution is 7.98. The van der Waals surface area contributed by atoms with Crippen LogP contribution in [-0.2, 0) is 23.6 Å². The predicted octanol–water partition coefficient (Wildman–Crippen LogP) is 7.31. The third-order valence-electron chi connectivity index (χ3n) is 7.52. The van der Waals surface area contributed by atoms with Crippen LogP contribution in [0.1, 0.15) is 47.9 Å². The molecule has 226 valence electrons. The van der Waals surface area contributed by atoms with Crippen LogP contribution in [0.4, 0.5) is 4.39 Å². The van der Waals surface area contributed by atoms with Gasteiger partial charge in [0.1, 0.15) is 5.82 Å². The van der Waals surface area contributed by atoms with Crippen LogP contribution < -0.4 is 5.56 Å². The molecule has 0 saturated heterocycles. The number of amides is 1. The fourth-order valence-corrected chi connectivity index (χ4v) is 5.94. The maximum atomic E-state index is 13.4. The van der Waals surface area contributed by atoms with E-state index in [9.17, 15) is 14.0 Å². The van der Waals surface area contributed by atoms with Crippen LogP contribution in [0.25, 0.3) is 11.1 Å². The van der Waals surface area contributed by atoms with Crippen molar-refractivity contribution in [2.24, 2.45) is 0 Å². The molecule has 2 aromatic heterocycles. The second-order valence-electron chi connectivity index (χ2n) is 10.7. The number of hydrogen-bond acceptors (Lipinski definition) is 5. The summed E-state index contributed by atoms with van der Waals surface area (Å²) in [5.74, 6) is 0.0706. The van der Waals surface area contributed by atoms with Gasteiger partial charge in [-0.05, 0) is 58.5 Å². The summed E-state index contributed by atoms with van der Waals surface area (Å²) in [7, 11) is 1.81. The summed E-state index contributed by atoms with van der Waals surface area (Å²) >= 11 is 7.42. The summed E-state index contributed by atoms with van der Waals surface area (Å²) < 4.78 is 15.3. The van der Waals surface area contributed by atoms with Gasteiger partial charge >= 0.3 is 0 Å². The number of aromatic nitrogens is 4. The van der Waals surface area contributed by atoms with Crippen LogP contribution >= 0.6 is 23.4 Å². The molecule has 2 heterocycles. The number of carbonyl (C=O) groups excluding carboxylic acids is 1. The van der Waals surface area contributed by atoms with Gasteiger partial charge in [-0.25, -0.2) is 4.39 Å². The number of nitrogens with one attached hydrogen (secondary N) is 1. The number of halogens is 2. The number of rotatable bonds is 12. The zero-order valence-corrected chi connectivity index (χ0v) is 26.1. The molecule has 0 fully saturated rings. The third-order valence-corrected chi connectivity index (χ3v) is 8.83. The van der Waals surface area contributed by atoms with E-state index in [-0.39, 0.29) is 23.2 Å². The molecule has 1 N–H and O–H groups in total. The first-order valence-electron chi connectivity index (χ1n) is 14.3. The summed E-state index contributed by atoms with van der Waals surface area (Å²) in [6.45, 7) is 2.96. The van der Waals surface area contributed by atoms with Crippen LogP contribution in [0.2, 0.25) is 5.02 Å². The van der Waals surface area contributed by atoms with Crippen molar-refractivity contribution in [3.8, 4) is 11.1 Å². The van der Waals surface area contributed by atoms with E-state index in [2.05, 4.69) is 15.2 Å². The molecule has 3 aromatic carbocycles. The summed E-state index contributed by atoms with van der Waals surface area (Å²) in [4.78, 5) is 32.3. The molecule has 1 amide bonds. The van der Waals surface area contributed by atoms with Gasteiger partial charge in [-0.1, -0.05) is 78.8 Å². The van der Waals surface area contributed by atoms with Gasteiger partial charge in [0.15, 0.2) is 5.16 Å². The van der Waals surface area contributed by atoms with E-state index in [1.807, 2.05) is 73.3 Å². The Bertz CT molecular complexity index is 1740. The van der Waals surface area contributed by atoms with E-state index in [0.29, 0.717) is 47.4 Å². The van der Waals surface area contributed by atoms with Crippen LogP contribution in [0.3, 0.4) is 0 Å². The molecule has 10 heteroatoms. The molecule has 1 atom stereocenters. The van der Waals surface area contributed by atoms with Crippen molar-refractivity contribution >= 4 is 29.3 Å². The van der Waals surface area contributed by atoms with E-state index in [1.165, 1.54) is 23.9 Å². The SMILES string of the molecule is CC(c1cn[nH]c1)c1cn(CCCC(=O)N(C)Cc2ccc(-c3ccc(Cl)cc3)cc2)c(SCc2ccc(F)cc2)nc1=O. The Morgan fingerprint density at radius 3 is 2.34 bits per heavy atom. The molecule has 7 nitrogen and oxygen atoms in total. The standard InChI is InChI=1S/C34H33ClFN5O2S/c1-23(28-18-37-38-19-28)31-21-41(34(39-33(31)43)44-22-25-7-15-30(36)16-8-25)17-3-4-32(42)40(2)20-24-5-9-26(10-6-24)27-11-13-29(35)14-12-27/h5-16,18-19,21,23H,3-4,17,20,22H2,1-2H3,(H,37,38). The van der Waals surface area contributed by atoms with Crippen LogP contribution in [0, 0.1) is 5.82 Å². The Labute approximate surface area is 265 Å². The Morgan fingerprint density at radius 2 is 1.68 bits per heavy atom. The van der Waals surface area contributed by atoms with Gasteiger partial charge in [-0.3, -0.25) is 14.7 Å². The van der Waals surface area contributed by atoms with E-state index < -0.39 is 0 Å². The molecule has 0 aliphatic rings. The molecule has 0 radical (unpaired) electrons. The molecular weight excluding hydrogens is 597 g/mol. The highest BCUT2D eigenvalue weighted by atomic mass is 35.5. The molecule has 0 aliphatic carbocycles. The van der Waals surface area contributed by atoms with Gasteiger partial charge in [0.05, 0.1) is 6.20 Å². The van der Waals surface area contributed by atoms with Crippen molar-refractivity contribution in [2.75, 3.05) is 7.05 Å². The van der Waals surface area contributed by atoms with E-state index in [1.54, 1.807) is 29.4 Å². The lowest BCUT2D eigenvalue weighted by atomic mass is 9.98. The monoisotopic (exact) mass is 629 g/mol.